The Labute approximate surface area is 254 Å². The lowest BCUT2D eigenvalue weighted by Crippen LogP contribution is -2.53. The number of aliphatic hydroxyl groups excluding tert-OH is 1. The maximum Gasteiger partial charge on any atom is 0.320 e. The van der Waals surface area contributed by atoms with Gasteiger partial charge in [0, 0.05) is 18.5 Å². The predicted molar refractivity (Wildman–Crippen MR) is 164 cm³/mol. The minimum Gasteiger partial charge on any atom is -0.460 e. The second-order valence-electron chi connectivity index (χ2n) is 16.2. The Hall–Kier alpha value is -1.43. The summed E-state index contributed by atoms with van der Waals surface area (Å²) in [5, 5.41) is 10.4. The van der Waals surface area contributed by atoms with Crippen LogP contribution in [0, 0.1) is 52.8 Å². The summed E-state index contributed by atoms with van der Waals surface area (Å²) >= 11 is 0. The molecule has 0 aromatic heterocycles. The van der Waals surface area contributed by atoms with Gasteiger partial charge < -0.3 is 14.6 Å². The number of ether oxygens (including phenoxy) is 2. The van der Waals surface area contributed by atoms with E-state index in [4.69, 9.17) is 9.47 Å². The van der Waals surface area contributed by atoms with Gasteiger partial charge in [-0.15, -0.1) is 0 Å². The molecule has 1 aromatic rings. The fourth-order valence-electron chi connectivity index (χ4n) is 11.9. The molecule has 2 heterocycles. The number of carbonyl (C=O) groups is 1. The van der Waals surface area contributed by atoms with Gasteiger partial charge in [0.05, 0.1) is 24.4 Å². The van der Waals surface area contributed by atoms with Crippen LogP contribution in [-0.4, -0.2) is 52.9 Å². The zero-order valence-electron chi connectivity index (χ0n) is 26.5. The minimum atomic E-state index is -0.117. The number of likely N-dealkylation sites (tertiary alicyclic amines) is 1. The monoisotopic (exact) mass is 577 g/mol. The van der Waals surface area contributed by atoms with Crippen LogP contribution in [0.25, 0.3) is 0 Å². The standard InChI is InChI=1S/C37H55NO4/c1-23-16-33-35(38(20-23)21-34(40)41-22-26-8-6-5-7-9-26)25(3)37(42-33)15-13-29-30-11-10-27-17-28(39)12-14-36(27,4)32(30)18-31(29)24(2)19-37/h5-9,23-25,27-33,35,39H,10-22H2,1-4H3/t23-,24?,25+,27+,28+,29-,30-,31?,32-,33+,35-,36-,37-/m0/s1. The van der Waals surface area contributed by atoms with E-state index < -0.39 is 0 Å². The highest BCUT2D eigenvalue weighted by Gasteiger charge is 2.62. The Morgan fingerprint density at radius 1 is 1.00 bits per heavy atom. The average molecular weight is 578 g/mol. The van der Waals surface area contributed by atoms with Crippen molar-refractivity contribution in [2.24, 2.45) is 52.8 Å². The predicted octanol–water partition coefficient (Wildman–Crippen LogP) is 6.86. The number of rotatable bonds is 4. The number of carbonyl (C=O) groups excluding carboxylic acids is 1. The summed E-state index contributed by atoms with van der Waals surface area (Å²) in [4.78, 5) is 15.5. The van der Waals surface area contributed by atoms with Crippen molar-refractivity contribution in [2.45, 2.75) is 122 Å². The van der Waals surface area contributed by atoms with Gasteiger partial charge in [-0.25, -0.2) is 0 Å². The number of piperidine rings is 1. The van der Waals surface area contributed by atoms with Crippen LogP contribution in [0.4, 0.5) is 0 Å². The van der Waals surface area contributed by atoms with E-state index >= 15 is 0 Å². The van der Waals surface area contributed by atoms with E-state index in [2.05, 4.69) is 32.6 Å². The molecule has 1 spiro atoms. The van der Waals surface area contributed by atoms with Crippen molar-refractivity contribution in [3.8, 4) is 0 Å². The third kappa shape index (κ3) is 4.98. The number of hydrogen-bond acceptors (Lipinski definition) is 5. The topological polar surface area (TPSA) is 59.0 Å². The third-order valence-corrected chi connectivity index (χ3v) is 13.9. The summed E-state index contributed by atoms with van der Waals surface area (Å²) < 4.78 is 13.0. The fourth-order valence-corrected chi connectivity index (χ4v) is 11.9. The minimum absolute atomic E-state index is 0.0668. The van der Waals surface area contributed by atoms with E-state index in [1.165, 1.54) is 44.9 Å². The molecule has 0 amide bonds. The van der Waals surface area contributed by atoms with Gasteiger partial charge in [0.2, 0.25) is 0 Å². The smallest absolute Gasteiger partial charge is 0.320 e. The molecular weight excluding hydrogens is 522 g/mol. The summed E-state index contributed by atoms with van der Waals surface area (Å²) in [6.07, 6.45) is 12.3. The number of nitrogens with zero attached hydrogens (tertiary/aromatic N) is 1. The molecule has 232 valence electrons. The highest BCUT2D eigenvalue weighted by Crippen LogP contribution is 2.66. The van der Waals surface area contributed by atoms with Gasteiger partial charge in [0.15, 0.2) is 0 Å². The average Bonchev–Trinajstić information content (AvgIpc) is 3.43. The molecule has 0 radical (unpaired) electrons. The van der Waals surface area contributed by atoms with Gasteiger partial charge in [-0.3, -0.25) is 9.69 Å². The van der Waals surface area contributed by atoms with Crippen LogP contribution in [-0.2, 0) is 20.9 Å². The first-order valence-corrected chi connectivity index (χ1v) is 17.5. The fraction of sp³-hybridized carbons (Fsp3) is 0.811. The van der Waals surface area contributed by atoms with Crippen LogP contribution >= 0.6 is 0 Å². The zero-order chi connectivity index (χ0) is 29.2. The van der Waals surface area contributed by atoms with Crippen LogP contribution in [0.15, 0.2) is 30.3 Å². The highest BCUT2D eigenvalue weighted by atomic mass is 16.5. The van der Waals surface area contributed by atoms with Crippen LogP contribution in [0.1, 0.15) is 97.5 Å². The molecule has 5 heteroatoms. The normalized spacial score (nSPS) is 48.5. The molecule has 1 N–H and O–H groups in total. The molecule has 2 saturated heterocycles. The van der Waals surface area contributed by atoms with Gasteiger partial charge in [-0.2, -0.15) is 0 Å². The third-order valence-electron chi connectivity index (χ3n) is 13.9. The van der Waals surface area contributed by atoms with E-state index in [0.29, 0.717) is 42.4 Å². The van der Waals surface area contributed by atoms with Crippen molar-refractivity contribution in [3.63, 3.8) is 0 Å². The molecular formula is C37H55NO4. The summed E-state index contributed by atoms with van der Waals surface area (Å²) in [6, 6.07) is 10.3. The number of esters is 1. The van der Waals surface area contributed by atoms with Crippen molar-refractivity contribution < 1.29 is 19.4 Å². The van der Waals surface area contributed by atoms with Crippen molar-refractivity contribution >= 4 is 5.97 Å². The molecule has 4 saturated carbocycles. The maximum absolute atomic E-state index is 13.1. The van der Waals surface area contributed by atoms with E-state index in [0.717, 1.165) is 61.0 Å². The van der Waals surface area contributed by atoms with Gasteiger partial charge in [-0.1, -0.05) is 58.0 Å². The van der Waals surface area contributed by atoms with Crippen LogP contribution in [0.3, 0.4) is 0 Å². The maximum atomic E-state index is 13.1. The number of aliphatic hydroxyl groups is 1. The van der Waals surface area contributed by atoms with Gasteiger partial charge in [0.25, 0.3) is 0 Å². The molecule has 13 atom stereocenters. The number of hydrogen-bond donors (Lipinski definition) is 1. The van der Waals surface area contributed by atoms with E-state index in [1.54, 1.807) is 0 Å². The van der Waals surface area contributed by atoms with Crippen molar-refractivity contribution in [2.75, 3.05) is 13.1 Å². The van der Waals surface area contributed by atoms with Crippen LogP contribution in [0.2, 0.25) is 0 Å². The first-order chi connectivity index (χ1) is 20.2. The van der Waals surface area contributed by atoms with E-state index in [1.807, 2.05) is 30.3 Å². The van der Waals surface area contributed by atoms with Crippen LogP contribution in [0.5, 0.6) is 0 Å². The SMILES string of the molecule is CC1C[C@]2(CC[C@@H]3C1C[C@H]1[C@H]3CC[C@@H]3C[C@H](O)CC[C@@]31C)O[C@@H]1C[C@H](C)CN(CC(=O)OCc3ccccc3)[C@H]1[C@H]2C. The van der Waals surface area contributed by atoms with Crippen molar-refractivity contribution in [1.29, 1.82) is 0 Å². The Morgan fingerprint density at radius 2 is 1.81 bits per heavy atom. The lowest BCUT2D eigenvalue weighted by Gasteiger charge is -2.53. The Balaban J connectivity index is 1.05. The highest BCUT2D eigenvalue weighted by molar-refractivity contribution is 5.71. The molecule has 0 bridgehead atoms. The summed E-state index contributed by atoms with van der Waals surface area (Å²) in [5.41, 5.74) is 1.40. The summed E-state index contributed by atoms with van der Waals surface area (Å²) in [7, 11) is 0. The molecule has 4 aliphatic carbocycles. The summed E-state index contributed by atoms with van der Waals surface area (Å²) in [5.74, 6) is 5.55. The Kier molecular flexibility index (Phi) is 7.80. The molecule has 6 aliphatic rings. The van der Waals surface area contributed by atoms with Gasteiger partial charge in [-0.05, 0) is 117 Å². The molecule has 5 nitrogen and oxygen atoms in total. The lowest BCUT2D eigenvalue weighted by atomic mass is 9.52. The molecule has 6 fully saturated rings. The molecule has 2 unspecified atom stereocenters. The number of benzene rings is 1. The Morgan fingerprint density at radius 3 is 2.62 bits per heavy atom. The molecule has 2 aliphatic heterocycles. The first kappa shape index (κ1) is 29.3. The second-order valence-corrected chi connectivity index (χ2v) is 16.2. The van der Waals surface area contributed by atoms with Gasteiger partial charge >= 0.3 is 5.97 Å². The van der Waals surface area contributed by atoms with Gasteiger partial charge in [0.1, 0.15) is 6.61 Å². The van der Waals surface area contributed by atoms with Crippen molar-refractivity contribution in [3.05, 3.63) is 35.9 Å². The lowest BCUT2D eigenvalue weighted by molar-refractivity contribution is -0.148. The second kappa shape index (κ2) is 11.2. The first-order valence-electron chi connectivity index (χ1n) is 17.5. The van der Waals surface area contributed by atoms with E-state index in [9.17, 15) is 9.90 Å². The zero-order valence-corrected chi connectivity index (χ0v) is 26.5. The summed E-state index contributed by atoms with van der Waals surface area (Å²) in [6.45, 7) is 11.6. The number of fused-ring (bicyclic) bond motifs is 6. The van der Waals surface area contributed by atoms with Crippen LogP contribution < -0.4 is 0 Å². The molecule has 7 rings (SSSR count). The molecule has 42 heavy (non-hydrogen) atoms. The van der Waals surface area contributed by atoms with Crippen molar-refractivity contribution in [1.82, 2.24) is 4.90 Å². The quantitative estimate of drug-likeness (QED) is 0.396. The Bertz CT molecular complexity index is 1130. The van der Waals surface area contributed by atoms with E-state index in [-0.39, 0.29) is 23.8 Å². The molecule has 1 aromatic carbocycles. The largest absolute Gasteiger partial charge is 0.460 e.